The molecule has 0 spiro atoms. The summed E-state index contributed by atoms with van der Waals surface area (Å²) in [7, 11) is -4.25. The van der Waals surface area contributed by atoms with Gasteiger partial charge in [-0.05, 0) is 36.8 Å². The molecule has 1 aliphatic carbocycles. The average Bonchev–Trinajstić information content (AvgIpc) is 3.18. The molecule has 0 bridgehead atoms. The predicted octanol–water partition coefficient (Wildman–Crippen LogP) is 1.90. The molecule has 0 aromatic heterocycles. The summed E-state index contributed by atoms with van der Waals surface area (Å²) in [5.41, 5.74) is -0.106. The van der Waals surface area contributed by atoms with Crippen molar-refractivity contribution in [1.82, 2.24) is 5.32 Å². The number of nitrogens with two attached hydrogens (primary N) is 1. The largest absolute Gasteiger partial charge is 0.352 e. The summed E-state index contributed by atoms with van der Waals surface area (Å²) in [4.78, 5) is 11.3. The topological polar surface area (TPSA) is 89.3 Å². The van der Waals surface area contributed by atoms with Crippen LogP contribution in [-0.4, -0.2) is 20.9 Å². The Morgan fingerprint density at radius 2 is 2.14 bits per heavy atom. The highest BCUT2D eigenvalue weighted by atomic mass is 35.5. The number of carbonyl (C=O) groups is 1. The van der Waals surface area contributed by atoms with Crippen LogP contribution in [0, 0.1) is 17.7 Å². The molecule has 21 heavy (non-hydrogen) atoms. The minimum atomic E-state index is -4.25. The smallest absolute Gasteiger partial charge is 0.252 e. The van der Waals surface area contributed by atoms with Crippen LogP contribution in [0.25, 0.3) is 0 Å². The zero-order valence-corrected chi connectivity index (χ0v) is 13.0. The Morgan fingerprint density at radius 3 is 2.67 bits per heavy atom. The second kappa shape index (κ2) is 5.90. The van der Waals surface area contributed by atoms with E-state index in [-0.39, 0.29) is 10.6 Å². The zero-order valence-electron chi connectivity index (χ0n) is 11.4. The van der Waals surface area contributed by atoms with E-state index in [0.29, 0.717) is 18.4 Å². The van der Waals surface area contributed by atoms with E-state index >= 15 is 0 Å². The van der Waals surface area contributed by atoms with E-state index in [4.69, 9.17) is 16.7 Å². The Hall–Kier alpha value is -1.18. The molecule has 1 atom stereocenters. The second-order valence-corrected chi connectivity index (χ2v) is 7.27. The molecule has 0 radical (unpaired) electrons. The molecule has 3 N–H and O–H groups in total. The normalized spacial score (nSPS) is 16.6. The van der Waals surface area contributed by atoms with Crippen LogP contribution in [-0.2, 0) is 10.0 Å². The molecule has 0 saturated heterocycles. The van der Waals surface area contributed by atoms with Crippen LogP contribution >= 0.6 is 11.6 Å². The molecule has 1 aromatic carbocycles. The quantitative estimate of drug-likeness (QED) is 0.861. The van der Waals surface area contributed by atoms with Gasteiger partial charge in [-0.25, -0.2) is 17.9 Å². The van der Waals surface area contributed by atoms with E-state index in [1.807, 2.05) is 6.92 Å². The van der Waals surface area contributed by atoms with Crippen molar-refractivity contribution in [3.8, 4) is 0 Å². The summed E-state index contributed by atoms with van der Waals surface area (Å²) in [6.07, 6.45) is 2.31. The standard InChI is InChI=1S/C13H16ClFN2O3S/c1-7(8-2-3-8)6-17-13(18)9-4-12(21(16,19)20)11(15)5-10(9)14/h4-5,7-8H,2-3,6H2,1H3,(H,17,18)(H2,16,19,20). The molecule has 1 aliphatic rings. The van der Waals surface area contributed by atoms with E-state index in [0.717, 1.165) is 25.0 Å². The highest BCUT2D eigenvalue weighted by molar-refractivity contribution is 7.89. The second-order valence-electron chi connectivity index (χ2n) is 5.33. The highest BCUT2D eigenvalue weighted by Gasteiger charge is 2.28. The Morgan fingerprint density at radius 1 is 1.52 bits per heavy atom. The van der Waals surface area contributed by atoms with Crippen molar-refractivity contribution in [1.29, 1.82) is 0 Å². The van der Waals surface area contributed by atoms with Crippen LogP contribution in [0.5, 0.6) is 0 Å². The van der Waals surface area contributed by atoms with Gasteiger partial charge in [0.15, 0.2) is 0 Å². The monoisotopic (exact) mass is 334 g/mol. The fraction of sp³-hybridized carbons (Fsp3) is 0.462. The average molecular weight is 335 g/mol. The number of amides is 1. The van der Waals surface area contributed by atoms with E-state index in [9.17, 15) is 17.6 Å². The van der Waals surface area contributed by atoms with Gasteiger partial charge in [0.1, 0.15) is 10.7 Å². The van der Waals surface area contributed by atoms with Gasteiger partial charge in [-0.1, -0.05) is 18.5 Å². The third-order valence-corrected chi connectivity index (χ3v) is 4.82. The van der Waals surface area contributed by atoms with Crippen LogP contribution < -0.4 is 10.5 Å². The van der Waals surface area contributed by atoms with Crippen LogP contribution in [0.15, 0.2) is 17.0 Å². The van der Waals surface area contributed by atoms with Crippen LogP contribution in [0.1, 0.15) is 30.1 Å². The van der Waals surface area contributed by atoms with E-state index < -0.39 is 26.6 Å². The summed E-state index contributed by atoms with van der Waals surface area (Å²) in [6, 6.07) is 1.64. The molecular formula is C13H16ClFN2O3S. The number of rotatable bonds is 5. The molecule has 2 rings (SSSR count). The fourth-order valence-corrected chi connectivity index (χ4v) is 2.95. The number of sulfonamides is 1. The lowest BCUT2D eigenvalue weighted by Gasteiger charge is -2.13. The number of halogens is 2. The Labute approximate surface area is 127 Å². The third-order valence-electron chi connectivity index (χ3n) is 3.58. The van der Waals surface area contributed by atoms with Gasteiger partial charge in [-0.3, -0.25) is 4.79 Å². The molecule has 116 valence electrons. The molecular weight excluding hydrogens is 319 g/mol. The van der Waals surface area contributed by atoms with Crippen LogP contribution in [0.4, 0.5) is 4.39 Å². The number of hydrogen-bond acceptors (Lipinski definition) is 3. The van der Waals surface area contributed by atoms with Gasteiger partial charge in [-0.15, -0.1) is 0 Å². The van der Waals surface area contributed by atoms with E-state index in [1.165, 1.54) is 0 Å². The molecule has 1 saturated carbocycles. The van der Waals surface area contributed by atoms with Gasteiger partial charge in [-0.2, -0.15) is 0 Å². The van der Waals surface area contributed by atoms with Crippen molar-refractivity contribution in [3.63, 3.8) is 0 Å². The summed E-state index contributed by atoms with van der Waals surface area (Å²) < 4.78 is 36.1. The van der Waals surface area contributed by atoms with E-state index in [2.05, 4.69) is 5.32 Å². The van der Waals surface area contributed by atoms with Crippen molar-refractivity contribution in [3.05, 3.63) is 28.5 Å². The maximum absolute atomic E-state index is 13.5. The molecule has 5 nitrogen and oxygen atoms in total. The lowest BCUT2D eigenvalue weighted by Crippen LogP contribution is -2.29. The van der Waals surface area contributed by atoms with Crippen molar-refractivity contribution in [2.45, 2.75) is 24.7 Å². The van der Waals surface area contributed by atoms with Gasteiger partial charge in [0.05, 0.1) is 10.6 Å². The lowest BCUT2D eigenvalue weighted by atomic mass is 10.1. The van der Waals surface area contributed by atoms with Crippen molar-refractivity contribution < 1.29 is 17.6 Å². The van der Waals surface area contributed by atoms with Crippen molar-refractivity contribution in [2.24, 2.45) is 17.0 Å². The number of nitrogens with one attached hydrogen (secondary N) is 1. The first kappa shape index (κ1) is 16.2. The summed E-state index contributed by atoms with van der Waals surface area (Å²) in [6.45, 7) is 2.49. The van der Waals surface area contributed by atoms with Gasteiger partial charge in [0.2, 0.25) is 10.0 Å². The van der Waals surface area contributed by atoms with Gasteiger partial charge in [0.25, 0.3) is 5.91 Å². The van der Waals surface area contributed by atoms with Gasteiger partial charge < -0.3 is 5.32 Å². The minimum Gasteiger partial charge on any atom is -0.352 e. The first-order valence-corrected chi connectivity index (χ1v) is 8.42. The Kier molecular flexibility index (Phi) is 4.55. The Bertz CT molecular complexity index is 674. The summed E-state index contributed by atoms with van der Waals surface area (Å²) in [5.74, 6) is -0.664. The molecule has 1 fully saturated rings. The zero-order chi connectivity index (χ0) is 15.8. The summed E-state index contributed by atoms with van der Waals surface area (Å²) >= 11 is 5.80. The molecule has 1 unspecified atom stereocenters. The van der Waals surface area contributed by atoms with Crippen molar-refractivity contribution in [2.75, 3.05) is 6.54 Å². The SMILES string of the molecule is CC(CNC(=O)c1cc(S(N)(=O)=O)c(F)cc1Cl)C1CC1. The maximum atomic E-state index is 13.5. The highest BCUT2D eigenvalue weighted by Crippen LogP contribution is 2.36. The molecule has 1 aromatic rings. The lowest BCUT2D eigenvalue weighted by molar-refractivity contribution is 0.0946. The maximum Gasteiger partial charge on any atom is 0.252 e. The third kappa shape index (κ3) is 3.93. The van der Waals surface area contributed by atoms with Crippen molar-refractivity contribution >= 4 is 27.5 Å². The van der Waals surface area contributed by atoms with E-state index in [1.54, 1.807) is 0 Å². The van der Waals surface area contributed by atoms with Gasteiger partial charge in [0, 0.05) is 6.54 Å². The minimum absolute atomic E-state index is 0.106. The molecule has 0 aliphatic heterocycles. The number of carbonyl (C=O) groups excluding carboxylic acids is 1. The van der Waals surface area contributed by atoms with Gasteiger partial charge >= 0.3 is 0 Å². The number of hydrogen-bond donors (Lipinski definition) is 2. The fourth-order valence-electron chi connectivity index (χ4n) is 2.10. The molecule has 8 heteroatoms. The number of primary sulfonamides is 1. The first-order valence-electron chi connectivity index (χ1n) is 6.50. The number of benzene rings is 1. The Balaban J connectivity index is 2.19. The molecule has 0 heterocycles. The first-order chi connectivity index (χ1) is 9.70. The molecule has 1 amide bonds. The predicted molar refractivity (Wildman–Crippen MR) is 77.0 cm³/mol. The van der Waals surface area contributed by atoms with Crippen LogP contribution in [0.2, 0.25) is 5.02 Å². The van der Waals surface area contributed by atoms with Crippen LogP contribution in [0.3, 0.4) is 0 Å². The summed E-state index contributed by atoms with van der Waals surface area (Å²) in [5, 5.41) is 7.43.